The van der Waals surface area contributed by atoms with Crippen LogP contribution in [0.5, 0.6) is 0 Å². The molecule has 0 bridgehead atoms. The monoisotopic (exact) mass is 428 g/mol. The number of halogens is 2. The number of rotatable bonds is 6. The first-order valence-corrected chi connectivity index (χ1v) is 11.6. The van der Waals surface area contributed by atoms with Crippen molar-refractivity contribution < 1.29 is 8.78 Å². The molecule has 0 N–H and O–H groups in total. The zero-order chi connectivity index (χ0) is 23.0. The van der Waals surface area contributed by atoms with Crippen LogP contribution >= 0.6 is 0 Å². The van der Waals surface area contributed by atoms with Gasteiger partial charge in [0.25, 0.3) is 0 Å². The summed E-state index contributed by atoms with van der Waals surface area (Å²) in [5, 5.41) is 0. The lowest BCUT2D eigenvalue weighted by molar-refractivity contribution is 0.200. The molecule has 3 rings (SSSR count). The van der Waals surface area contributed by atoms with Gasteiger partial charge < -0.3 is 9.80 Å². The summed E-state index contributed by atoms with van der Waals surface area (Å²) in [5.74, 6) is 0.897. The van der Waals surface area contributed by atoms with Gasteiger partial charge >= 0.3 is 0 Å². The van der Waals surface area contributed by atoms with Gasteiger partial charge in [-0.3, -0.25) is 0 Å². The predicted molar refractivity (Wildman–Crippen MR) is 129 cm³/mol. The van der Waals surface area contributed by atoms with E-state index < -0.39 is 12.6 Å². The average Bonchev–Trinajstić information content (AvgIpc) is 3.00. The fourth-order valence-corrected chi connectivity index (χ4v) is 4.69. The van der Waals surface area contributed by atoms with Crippen LogP contribution in [0.4, 0.5) is 20.2 Å². The van der Waals surface area contributed by atoms with Crippen LogP contribution in [-0.2, 0) is 0 Å². The molecular formula is C27H38F2N2. The van der Waals surface area contributed by atoms with Gasteiger partial charge in [-0.05, 0) is 45.9 Å². The second-order valence-electron chi connectivity index (χ2n) is 10.0. The lowest BCUT2D eigenvalue weighted by atomic mass is 9.92. The topological polar surface area (TPSA) is 6.48 Å². The molecule has 0 saturated carbocycles. The molecule has 0 radical (unpaired) electrons. The summed E-state index contributed by atoms with van der Waals surface area (Å²) in [6.07, 6.45) is -3.42. The molecule has 2 unspecified atom stereocenters. The van der Waals surface area contributed by atoms with Crippen LogP contribution in [0, 0.1) is 0 Å². The highest BCUT2D eigenvalue weighted by Crippen LogP contribution is 2.44. The van der Waals surface area contributed by atoms with Gasteiger partial charge in [-0.1, -0.05) is 91.8 Å². The van der Waals surface area contributed by atoms with Crippen molar-refractivity contribution >= 4 is 11.4 Å². The van der Waals surface area contributed by atoms with Crippen LogP contribution in [0.3, 0.4) is 0 Å². The number of hydrogen-bond donors (Lipinski definition) is 0. The molecule has 31 heavy (non-hydrogen) atoms. The second kappa shape index (κ2) is 9.18. The number of anilines is 2. The number of alkyl halides is 2. The van der Waals surface area contributed by atoms with E-state index >= 15 is 8.78 Å². The fraction of sp³-hybridized carbons (Fsp3) is 0.556. The molecule has 2 aromatic carbocycles. The van der Waals surface area contributed by atoms with E-state index in [4.69, 9.17) is 0 Å². The van der Waals surface area contributed by atoms with Gasteiger partial charge in [-0.2, -0.15) is 0 Å². The van der Waals surface area contributed by atoms with E-state index in [9.17, 15) is 0 Å². The molecule has 0 aromatic heterocycles. The van der Waals surface area contributed by atoms with Gasteiger partial charge in [-0.25, -0.2) is 8.78 Å². The van der Waals surface area contributed by atoms with E-state index in [1.165, 1.54) is 0 Å². The zero-order valence-electron chi connectivity index (χ0n) is 20.3. The summed E-state index contributed by atoms with van der Waals surface area (Å²) in [4.78, 5) is 3.30. The van der Waals surface area contributed by atoms with E-state index in [-0.39, 0.29) is 30.3 Å². The Balaban J connectivity index is 2.16. The summed E-state index contributed by atoms with van der Waals surface area (Å²) in [5.41, 5.74) is 6.01. The number of hydrogen-bond acceptors (Lipinski definition) is 2. The van der Waals surface area contributed by atoms with Crippen LogP contribution in [0.2, 0.25) is 0 Å². The molecule has 2 aromatic rings. The Bertz CT molecular complexity index is 778. The minimum atomic E-state index is -1.71. The maximum absolute atomic E-state index is 15.7. The third kappa shape index (κ3) is 4.31. The molecule has 0 spiro atoms. The van der Waals surface area contributed by atoms with Crippen LogP contribution in [0.1, 0.15) is 101 Å². The van der Waals surface area contributed by atoms with E-state index in [0.717, 1.165) is 33.6 Å². The normalized spacial score (nSPS) is 19.5. The van der Waals surface area contributed by atoms with Crippen molar-refractivity contribution in [3.05, 3.63) is 58.7 Å². The van der Waals surface area contributed by atoms with Crippen molar-refractivity contribution in [2.75, 3.05) is 16.5 Å². The van der Waals surface area contributed by atoms with E-state index in [1.54, 1.807) is 9.80 Å². The summed E-state index contributed by atoms with van der Waals surface area (Å²) in [6.45, 7) is 17.1. The van der Waals surface area contributed by atoms with Gasteiger partial charge in [0.15, 0.2) is 0 Å². The lowest BCUT2D eigenvalue weighted by Crippen LogP contribution is -2.32. The molecule has 1 heterocycles. The van der Waals surface area contributed by atoms with Gasteiger partial charge in [0.2, 0.25) is 12.6 Å². The summed E-state index contributed by atoms with van der Waals surface area (Å²) in [6, 6.07) is 12.3. The smallest absolute Gasteiger partial charge is 0.224 e. The highest BCUT2D eigenvalue weighted by Gasteiger charge is 2.44. The summed E-state index contributed by atoms with van der Waals surface area (Å²) in [7, 11) is 0. The first kappa shape index (κ1) is 23.6. The average molecular weight is 429 g/mol. The molecule has 1 aliphatic rings. The quantitative estimate of drug-likeness (QED) is 0.429. The molecular weight excluding hydrogens is 390 g/mol. The Morgan fingerprint density at radius 3 is 1.06 bits per heavy atom. The highest BCUT2D eigenvalue weighted by molar-refractivity contribution is 5.69. The molecule has 1 aliphatic heterocycles. The summed E-state index contributed by atoms with van der Waals surface area (Å²) < 4.78 is 31.3. The Kier molecular flexibility index (Phi) is 6.98. The largest absolute Gasteiger partial charge is 0.319 e. The molecule has 2 nitrogen and oxygen atoms in total. The fourth-order valence-electron chi connectivity index (χ4n) is 4.69. The van der Waals surface area contributed by atoms with Crippen LogP contribution in [-0.4, -0.2) is 19.3 Å². The van der Waals surface area contributed by atoms with E-state index in [2.05, 4.69) is 79.7 Å². The second-order valence-corrected chi connectivity index (χ2v) is 10.0. The molecule has 1 fully saturated rings. The number of nitrogens with zero attached hydrogens (tertiary/aromatic N) is 2. The minimum absolute atomic E-state index is 0.204. The SMILES string of the molecule is CC(C)c1cccc(C(C)C)c1N1CN(c2c(C(C)C)cccc2C(C)C)C(F)C1F. The van der Waals surface area contributed by atoms with Gasteiger partial charge in [0, 0.05) is 11.4 Å². The van der Waals surface area contributed by atoms with Gasteiger partial charge in [-0.15, -0.1) is 0 Å². The number of para-hydroxylation sites is 2. The molecule has 4 heteroatoms. The van der Waals surface area contributed by atoms with Crippen molar-refractivity contribution in [2.45, 2.75) is 91.7 Å². The van der Waals surface area contributed by atoms with Crippen molar-refractivity contribution in [1.82, 2.24) is 0 Å². The standard InChI is InChI=1S/C27H38F2N2/c1-16(2)20-11-9-12-21(17(3)4)24(20)30-15-31(27(29)26(30)28)25-22(18(5)6)13-10-14-23(25)19(7)8/h9-14,16-19,26-27H,15H2,1-8H3. The van der Waals surface area contributed by atoms with Crippen molar-refractivity contribution in [2.24, 2.45) is 0 Å². The first-order chi connectivity index (χ1) is 14.6. The molecule has 0 aliphatic carbocycles. The van der Waals surface area contributed by atoms with Crippen molar-refractivity contribution in [3.8, 4) is 0 Å². The lowest BCUT2D eigenvalue weighted by Gasteiger charge is -2.30. The Hall–Kier alpha value is -2.10. The Morgan fingerprint density at radius 1 is 0.581 bits per heavy atom. The molecule has 1 saturated heterocycles. The predicted octanol–water partition coefficient (Wildman–Crippen LogP) is 8.06. The van der Waals surface area contributed by atoms with E-state index in [0.29, 0.717) is 0 Å². The van der Waals surface area contributed by atoms with Gasteiger partial charge in [0.05, 0.1) is 6.67 Å². The summed E-state index contributed by atoms with van der Waals surface area (Å²) >= 11 is 0. The van der Waals surface area contributed by atoms with Crippen molar-refractivity contribution in [1.29, 1.82) is 0 Å². The molecule has 170 valence electrons. The minimum Gasteiger partial charge on any atom is -0.319 e. The Morgan fingerprint density at radius 2 is 0.839 bits per heavy atom. The Labute approximate surface area is 187 Å². The third-order valence-corrected chi connectivity index (χ3v) is 6.39. The van der Waals surface area contributed by atoms with Gasteiger partial charge in [0.1, 0.15) is 0 Å². The number of benzene rings is 2. The van der Waals surface area contributed by atoms with Crippen LogP contribution < -0.4 is 9.80 Å². The molecule has 0 amide bonds. The van der Waals surface area contributed by atoms with Crippen LogP contribution in [0.15, 0.2) is 36.4 Å². The maximum Gasteiger partial charge on any atom is 0.224 e. The molecule has 2 atom stereocenters. The first-order valence-electron chi connectivity index (χ1n) is 11.6. The van der Waals surface area contributed by atoms with E-state index in [1.807, 2.05) is 12.1 Å². The van der Waals surface area contributed by atoms with Crippen molar-refractivity contribution in [3.63, 3.8) is 0 Å². The third-order valence-electron chi connectivity index (χ3n) is 6.39. The maximum atomic E-state index is 15.7. The highest BCUT2D eigenvalue weighted by atomic mass is 19.2. The zero-order valence-corrected chi connectivity index (χ0v) is 20.3. The van der Waals surface area contributed by atoms with Crippen LogP contribution in [0.25, 0.3) is 0 Å².